The van der Waals surface area contributed by atoms with E-state index in [4.69, 9.17) is 17.0 Å². The van der Waals surface area contributed by atoms with Crippen LogP contribution >= 0.6 is 11.6 Å². The first kappa shape index (κ1) is 16.4. The fraction of sp³-hybridized carbons (Fsp3) is 0.375. The van der Waals surface area contributed by atoms with Crippen molar-refractivity contribution in [3.8, 4) is 0 Å². The number of Topliss-reactive ketones (excluding diaryl/α,β-unsaturated/α-hetero) is 1. The van der Waals surface area contributed by atoms with Crippen molar-refractivity contribution in [2.24, 2.45) is 0 Å². The van der Waals surface area contributed by atoms with Crippen molar-refractivity contribution in [3.63, 3.8) is 0 Å². The number of allylic oxidation sites excluding steroid dienone is 1. The standard InChI is InChI=1S/C16H20ClN3O2/c1-11(21)15(12(2)22)16(18)20-8-6-19(7-9-20)14-5-3-4-13(17)10-14/h3-5,10,18,21H,6-9H2,1-2H3/b15-11+,18-16?. The molecule has 0 aromatic heterocycles. The highest BCUT2D eigenvalue weighted by molar-refractivity contribution is 6.30. The second-order valence-electron chi connectivity index (χ2n) is 5.32. The molecule has 1 aliphatic rings. The van der Waals surface area contributed by atoms with Gasteiger partial charge in [-0.05, 0) is 32.0 Å². The molecule has 1 aliphatic heterocycles. The van der Waals surface area contributed by atoms with Gasteiger partial charge in [-0.3, -0.25) is 10.2 Å². The van der Waals surface area contributed by atoms with Gasteiger partial charge in [-0.25, -0.2) is 0 Å². The quantitative estimate of drug-likeness (QED) is 0.389. The molecular weight excluding hydrogens is 302 g/mol. The van der Waals surface area contributed by atoms with E-state index in [9.17, 15) is 9.90 Å². The number of piperazine rings is 1. The highest BCUT2D eigenvalue weighted by Crippen LogP contribution is 2.21. The molecule has 1 heterocycles. The number of benzene rings is 1. The first-order valence-corrected chi connectivity index (χ1v) is 7.53. The second-order valence-corrected chi connectivity index (χ2v) is 5.76. The summed E-state index contributed by atoms with van der Waals surface area (Å²) in [4.78, 5) is 15.6. The molecule has 6 heteroatoms. The lowest BCUT2D eigenvalue weighted by Crippen LogP contribution is -2.49. The molecule has 2 rings (SSSR count). The van der Waals surface area contributed by atoms with E-state index in [1.165, 1.54) is 13.8 Å². The smallest absolute Gasteiger partial charge is 0.166 e. The number of ketones is 1. The molecule has 1 aromatic carbocycles. The molecule has 0 unspecified atom stereocenters. The summed E-state index contributed by atoms with van der Waals surface area (Å²) in [5.74, 6) is -0.296. The molecule has 0 spiro atoms. The molecule has 0 bridgehead atoms. The largest absolute Gasteiger partial charge is 0.512 e. The Bertz CT molecular complexity index is 616. The van der Waals surface area contributed by atoms with Gasteiger partial charge in [-0.1, -0.05) is 17.7 Å². The van der Waals surface area contributed by atoms with Crippen LogP contribution in [-0.4, -0.2) is 47.8 Å². The molecule has 1 saturated heterocycles. The number of carbonyl (C=O) groups is 1. The lowest BCUT2D eigenvalue weighted by Gasteiger charge is -2.37. The number of aliphatic hydroxyl groups is 1. The summed E-state index contributed by atoms with van der Waals surface area (Å²) in [6.45, 7) is 5.51. The van der Waals surface area contributed by atoms with Crippen LogP contribution in [0.2, 0.25) is 5.02 Å². The van der Waals surface area contributed by atoms with Crippen molar-refractivity contribution >= 4 is 28.9 Å². The van der Waals surface area contributed by atoms with Gasteiger partial charge in [0.15, 0.2) is 5.78 Å². The Hall–Kier alpha value is -2.01. The summed E-state index contributed by atoms with van der Waals surface area (Å²) in [6.07, 6.45) is 0. The van der Waals surface area contributed by atoms with E-state index in [2.05, 4.69) is 4.90 Å². The molecule has 0 atom stereocenters. The fourth-order valence-electron chi connectivity index (χ4n) is 2.61. The van der Waals surface area contributed by atoms with Gasteiger partial charge in [-0.2, -0.15) is 0 Å². The molecule has 0 radical (unpaired) electrons. The number of anilines is 1. The van der Waals surface area contributed by atoms with E-state index in [0.29, 0.717) is 18.1 Å². The van der Waals surface area contributed by atoms with Crippen LogP contribution in [0.15, 0.2) is 35.6 Å². The van der Waals surface area contributed by atoms with Crippen LogP contribution in [0.25, 0.3) is 0 Å². The van der Waals surface area contributed by atoms with E-state index in [1.807, 2.05) is 29.2 Å². The third kappa shape index (κ3) is 3.60. The maximum atomic E-state index is 11.6. The zero-order chi connectivity index (χ0) is 16.3. The molecule has 22 heavy (non-hydrogen) atoms. The average Bonchev–Trinajstić information content (AvgIpc) is 2.46. The van der Waals surface area contributed by atoms with Gasteiger partial charge >= 0.3 is 0 Å². The van der Waals surface area contributed by atoms with Crippen molar-refractivity contribution in [1.82, 2.24) is 4.90 Å². The van der Waals surface area contributed by atoms with E-state index < -0.39 is 0 Å². The minimum absolute atomic E-state index is 0.0937. The molecule has 5 nitrogen and oxygen atoms in total. The number of halogens is 1. The Labute approximate surface area is 135 Å². The zero-order valence-corrected chi connectivity index (χ0v) is 13.5. The van der Waals surface area contributed by atoms with Crippen LogP contribution in [0.1, 0.15) is 13.8 Å². The van der Waals surface area contributed by atoms with Crippen molar-refractivity contribution in [2.45, 2.75) is 13.8 Å². The lowest BCUT2D eigenvalue weighted by atomic mass is 10.1. The predicted octanol–water partition coefficient (Wildman–Crippen LogP) is 2.86. The number of carbonyl (C=O) groups excluding carboxylic acids is 1. The first-order chi connectivity index (χ1) is 10.4. The molecule has 118 valence electrons. The maximum Gasteiger partial charge on any atom is 0.166 e. The maximum absolute atomic E-state index is 11.6. The monoisotopic (exact) mass is 321 g/mol. The Morgan fingerprint density at radius 1 is 1.23 bits per heavy atom. The van der Waals surface area contributed by atoms with Gasteiger partial charge in [0.1, 0.15) is 11.6 Å². The zero-order valence-electron chi connectivity index (χ0n) is 12.8. The van der Waals surface area contributed by atoms with E-state index in [0.717, 1.165) is 18.8 Å². The summed E-state index contributed by atoms with van der Waals surface area (Å²) < 4.78 is 0. The Morgan fingerprint density at radius 3 is 2.36 bits per heavy atom. The van der Waals surface area contributed by atoms with E-state index in [1.54, 1.807) is 0 Å². The van der Waals surface area contributed by atoms with Gasteiger partial charge < -0.3 is 14.9 Å². The van der Waals surface area contributed by atoms with Gasteiger partial charge in [0, 0.05) is 36.9 Å². The Balaban J connectivity index is 2.05. The molecule has 1 aromatic rings. The first-order valence-electron chi connectivity index (χ1n) is 7.15. The van der Waals surface area contributed by atoms with Crippen LogP contribution in [0, 0.1) is 5.41 Å². The second kappa shape index (κ2) is 6.83. The third-order valence-corrected chi connectivity index (χ3v) is 3.96. The van der Waals surface area contributed by atoms with Gasteiger partial charge in [0.25, 0.3) is 0 Å². The van der Waals surface area contributed by atoms with Crippen molar-refractivity contribution in [3.05, 3.63) is 40.6 Å². The fourth-order valence-corrected chi connectivity index (χ4v) is 2.80. The highest BCUT2D eigenvalue weighted by atomic mass is 35.5. The van der Waals surface area contributed by atoms with Crippen LogP contribution in [0.5, 0.6) is 0 Å². The SMILES string of the molecule is CC(=O)/C(C(=N)N1CCN(c2cccc(Cl)c2)CC1)=C(/C)O. The molecule has 0 saturated carbocycles. The third-order valence-electron chi connectivity index (χ3n) is 3.72. The highest BCUT2D eigenvalue weighted by Gasteiger charge is 2.24. The summed E-state index contributed by atoms with van der Waals surface area (Å²) in [5, 5.41) is 18.5. The average molecular weight is 322 g/mol. The van der Waals surface area contributed by atoms with E-state index >= 15 is 0 Å². The summed E-state index contributed by atoms with van der Waals surface area (Å²) in [7, 11) is 0. The van der Waals surface area contributed by atoms with Crippen LogP contribution in [0.3, 0.4) is 0 Å². The van der Waals surface area contributed by atoms with Gasteiger partial charge in [0.2, 0.25) is 0 Å². The number of hydrogen-bond acceptors (Lipinski definition) is 4. The summed E-state index contributed by atoms with van der Waals surface area (Å²) >= 11 is 6.01. The number of amidine groups is 1. The van der Waals surface area contributed by atoms with Gasteiger partial charge in [-0.15, -0.1) is 0 Å². The van der Waals surface area contributed by atoms with Crippen molar-refractivity contribution in [2.75, 3.05) is 31.1 Å². The topological polar surface area (TPSA) is 67.6 Å². The number of rotatable bonds is 3. The van der Waals surface area contributed by atoms with Crippen LogP contribution in [0.4, 0.5) is 5.69 Å². The lowest BCUT2D eigenvalue weighted by molar-refractivity contribution is -0.113. The summed E-state index contributed by atoms with van der Waals surface area (Å²) in [6, 6.07) is 7.68. The Morgan fingerprint density at radius 2 is 1.86 bits per heavy atom. The Kier molecular flexibility index (Phi) is 5.08. The summed E-state index contributed by atoms with van der Waals surface area (Å²) in [5.41, 5.74) is 1.15. The van der Waals surface area contributed by atoms with Crippen molar-refractivity contribution in [1.29, 1.82) is 5.41 Å². The predicted molar refractivity (Wildman–Crippen MR) is 89.0 cm³/mol. The molecule has 0 aliphatic carbocycles. The number of nitrogens with one attached hydrogen (secondary N) is 1. The molecule has 0 amide bonds. The van der Waals surface area contributed by atoms with Crippen LogP contribution in [-0.2, 0) is 4.79 Å². The van der Waals surface area contributed by atoms with E-state index in [-0.39, 0.29) is 23.0 Å². The minimum atomic E-state index is -0.290. The number of aliphatic hydroxyl groups excluding tert-OH is 1. The number of nitrogens with zero attached hydrogens (tertiary/aromatic N) is 2. The number of hydrogen-bond donors (Lipinski definition) is 2. The van der Waals surface area contributed by atoms with Crippen molar-refractivity contribution < 1.29 is 9.90 Å². The van der Waals surface area contributed by atoms with Gasteiger partial charge in [0.05, 0.1) is 5.57 Å². The molecule has 1 fully saturated rings. The minimum Gasteiger partial charge on any atom is -0.512 e. The normalized spacial score (nSPS) is 16.3. The molecular formula is C16H20ClN3O2. The van der Waals surface area contributed by atoms with Crippen LogP contribution < -0.4 is 4.90 Å². The molecule has 2 N–H and O–H groups in total.